The predicted octanol–water partition coefficient (Wildman–Crippen LogP) is 3.53. The van der Waals surface area contributed by atoms with Gasteiger partial charge in [-0.15, -0.1) is 0 Å². The second-order valence-corrected chi connectivity index (χ2v) is 5.72. The van der Waals surface area contributed by atoms with E-state index >= 15 is 0 Å². The quantitative estimate of drug-likeness (QED) is 0.797. The second kappa shape index (κ2) is 9.07. The summed E-state index contributed by atoms with van der Waals surface area (Å²) >= 11 is 0. The van der Waals surface area contributed by atoms with Crippen LogP contribution in [0.25, 0.3) is 0 Å². The predicted molar refractivity (Wildman–Crippen MR) is 84.5 cm³/mol. The van der Waals surface area contributed by atoms with Crippen molar-refractivity contribution >= 4 is 12.1 Å². The summed E-state index contributed by atoms with van der Waals surface area (Å²) in [5.41, 5.74) is 0.878. The van der Waals surface area contributed by atoms with Gasteiger partial charge >= 0.3 is 12.1 Å². The van der Waals surface area contributed by atoms with Gasteiger partial charge in [0.15, 0.2) is 0 Å². The van der Waals surface area contributed by atoms with Crippen LogP contribution in [-0.2, 0) is 16.1 Å². The first-order valence-corrected chi connectivity index (χ1v) is 7.65. The number of benzene rings is 1. The highest BCUT2D eigenvalue weighted by molar-refractivity contribution is 5.80. The summed E-state index contributed by atoms with van der Waals surface area (Å²) in [6.45, 7) is 6.31. The molecule has 0 radical (unpaired) electrons. The lowest BCUT2D eigenvalue weighted by atomic mass is 10.0. The molecule has 1 amide bonds. The molecule has 0 fully saturated rings. The molecule has 0 saturated carbocycles. The Morgan fingerprint density at radius 2 is 1.86 bits per heavy atom. The van der Waals surface area contributed by atoms with E-state index in [-0.39, 0.29) is 12.5 Å². The number of aliphatic carboxylic acids is 1. The smallest absolute Gasteiger partial charge is 0.410 e. The Kier molecular flexibility index (Phi) is 7.43. The average molecular weight is 307 g/mol. The van der Waals surface area contributed by atoms with Crippen molar-refractivity contribution in [1.29, 1.82) is 0 Å². The molecule has 1 aromatic carbocycles. The number of carboxylic acid groups (broad SMARTS) is 1. The minimum absolute atomic E-state index is 0.147. The van der Waals surface area contributed by atoms with Crippen LogP contribution in [-0.4, -0.2) is 34.7 Å². The van der Waals surface area contributed by atoms with Crippen LogP contribution in [0.1, 0.15) is 39.2 Å². The number of carboxylic acids is 1. The van der Waals surface area contributed by atoms with Crippen LogP contribution in [0, 0.1) is 5.92 Å². The van der Waals surface area contributed by atoms with Gasteiger partial charge in [0.25, 0.3) is 0 Å². The van der Waals surface area contributed by atoms with Gasteiger partial charge in [0.2, 0.25) is 0 Å². The van der Waals surface area contributed by atoms with E-state index in [0.29, 0.717) is 19.4 Å². The van der Waals surface area contributed by atoms with E-state index < -0.39 is 18.1 Å². The first-order valence-electron chi connectivity index (χ1n) is 7.65. The Hall–Kier alpha value is -2.04. The SMILES string of the molecule is CCCN(C(=O)OCc1ccccc1)[C@@H](CC(C)C)C(=O)O. The van der Waals surface area contributed by atoms with Gasteiger partial charge in [0.1, 0.15) is 12.6 Å². The summed E-state index contributed by atoms with van der Waals surface area (Å²) in [7, 11) is 0. The number of carbonyl (C=O) groups excluding carboxylic acids is 1. The van der Waals surface area contributed by atoms with Gasteiger partial charge in [0.05, 0.1) is 0 Å². The molecule has 5 nitrogen and oxygen atoms in total. The van der Waals surface area contributed by atoms with Gasteiger partial charge < -0.3 is 9.84 Å². The molecule has 0 heterocycles. The van der Waals surface area contributed by atoms with E-state index in [0.717, 1.165) is 5.56 Å². The molecule has 1 aromatic rings. The van der Waals surface area contributed by atoms with Crippen LogP contribution in [0.5, 0.6) is 0 Å². The number of rotatable bonds is 8. The zero-order valence-electron chi connectivity index (χ0n) is 13.5. The van der Waals surface area contributed by atoms with E-state index in [1.807, 2.05) is 51.1 Å². The lowest BCUT2D eigenvalue weighted by molar-refractivity contribution is -0.143. The third-order valence-corrected chi connectivity index (χ3v) is 3.26. The lowest BCUT2D eigenvalue weighted by Crippen LogP contribution is -2.46. The van der Waals surface area contributed by atoms with Gasteiger partial charge in [-0.1, -0.05) is 51.1 Å². The van der Waals surface area contributed by atoms with Crippen molar-refractivity contribution in [2.45, 2.75) is 46.3 Å². The van der Waals surface area contributed by atoms with E-state index in [9.17, 15) is 14.7 Å². The molecule has 0 spiro atoms. The molecule has 0 aliphatic carbocycles. The molecule has 0 aliphatic heterocycles. The number of amides is 1. The van der Waals surface area contributed by atoms with E-state index in [2.05, 4.69) is 0 Å². The average Bonchev–Trinajstić information content (AvgIpc) is 2.49. The first kappa shape index (κ1) is 18.0. The summed E-state index contributed by atoms with van der Waals surface area (Å²) in [6, 6.07) is 8.50. The molecule has 5 heteroatoms. The van der Waals surface area contributed by atoms with Crippen molar-refractivity contribution in [3.05, 3.63) is 35.9 Å². The Morgan fingerprint density at radius 1 is 1.23 bits per heavy atom. The third kappa shape index (κ3) is 5.76. The molecule has 122 valence electrons. The van der Waals surface area contributed by atoms with Gasteiger partial charge in [-0.3, -0.25) is 4.90 Å². The highest BCUT2D eigenvalue weighted by atomic mass is 16.6. The van der Waals surface area contributed by atoms with Crippen molar-refractivity contribution in [2.24, 2.45) is 5.92 Å². The number of nitrogens with zero attached hydrogens (tertiary/aromatic N) is 1. The maximum Gasteiger partial charge on any atom is 0.410 e. The van der Waals surface area contributed by atoms with Crippen molar-refractivity contribution < 1.29 is 19.4 Å². The molecule has 0 bridgehead atoms. The van der Waals surface area contributed by atoms with Gasteiger partial charge in [-0.05, 0) is 24.3 Å². The fourth-order valence-electron chi connectivity index (χ4n) is 2.23. The van der Waals surface area contributed by atoms with Crippen molar-refractivity contribution in [1.82, 2.24) is 4.90 Å². The second-order valence-electron chi connectivity index (χ2n) is 5.72. The number of hydrogen-bond donors (Lipinski definition) is 1. The Balaban J connectivity index is 2.74. The molecular formula is C17H25NO4. The number of ether oxygens (including phenoxy) is 1. The van der Waals surface area contributed by atoms with Crippen LogP contribution in [0.2, 0.25) is 0 Å². The van der Waals surface area contributed by atoms with Gasteiger partial charge in [-0.2, -0.15) is 0 Å². The maximum absolute atomic E-state index is 12.3. The van der Waals surface area contributed by atoms with E-state index in [4.69, 9.17) is 4.74 Å². The molecule has 1 rings (SSSR count). The molecule has 0 aromatic heterocycles. The molecular weight excluding hydrogens is 282 g/mol. The summed E-state index contributed by atoms with van der Waals surface area (Å²) in [5, 5.41) is 9.40. The van der Waals surface area contributed by atoms with E-state index in [1.165, 1.54) is 4.90 Å². The minimum Gasteiger partial charge on any atom is -0.480 e. The van der Waals surface area contributed by atoms with Crippen LogP contribution in [0.4, 0.5) is 4.79 Å². The Labute approximate surface area is 131 Å². The summed E-state index contributed by atoms with van der Waals surface area (Å²) in [6.07, 6.45) is 0.525. The fourth-order valence-corrected chi connectivity index (χ4v) is 2.23. The minimum atomic E-state index is -0.987. The Bertz CT molecular complexity index is 473. The monoisotopic (exact) mass is 307 g/mol. The number of carbonyl (C=O) groups is 2. The van der Waals surface area contributed by atoms with Crippen molar-refractivity contribution in [3.63, 3.8) is 0 Å². The van der Waals surface area contributed by atoms with Crippen molar-refractivity contribution in [2.75, 3.05) is 6.54 Å². The van der Waals surface area contributed by atoms with Crippen LogP contribution < -0.4 is 0 Å². The lowest BCUT2D eigenvalue weighted by Gasteiger charge is -2.29. The normalized spacial score (nSPS) is 12.0. The summed E-state index contributed by atoms with van der Waals surface area (Å²) < 4.78 is 5.28. The third-order valence-electron chi connectivity index (χ3n) is 3.26. The Morgan fingerprint density at radius 3 is 2.36 bits per heavy atom. The van der Waals surface area contributed by atoms with Gasteiger partial charge in [-0.25, -0.2) is 9.59 Å². The molecule has 0 saturated heterocycles. The number of hydrogen-bond acceptors (Lipinski definition) is 3. The summed E-state index contributed by atoms with van der Waals surface area (Å²) in [5.74, 6) is -0.804. The van der Waals surface area contributed by atoms with Crippen LogP contribution in [0.15, 0.2) is 30.3 Å². The maximum atomic E-state index is 12.3. The fraction of sp³-hybridized carbons (Fsp3) is 0.529. The topological polar surface area (TPSA) is 66.8 Å². The molecule has 22 heavy (non-hydrogen) atoms. The van der Waals surface area contributed by atoms with Gasteiger partial charge in [0, 0.05) is 6.54 Å². The largest absolute Gasteiger partial charge is 0.480 e. The summed E-state index contributed by atoms with van der Waals surface area (Å²) in [4.78, 5) is 25.1. The first-order chi connectivity index (χ1) is 10.5. The van der Waals surface area contributed by atoms with E-state index in [1.54, 1.807) is 0 Å². The molecule has 1 N–H and O–H groups in total. The highest BCUT2D eigenvalue weighted by Gasteiger charge is 2.30. The molecule has 0 unspecified atom stereocenters. The molecule has 0 aliphatic rings. The zero-order chi connectivity index (χ0) is 16.5. The molecule has 1 atom stereocenters. The van der Waals surface area contributed by atoms with Crippen molar-refractivity contribution in [3.8, 4) is 0 Å². The standard InChI is InChI=1S/C17H25NO4/c1-4-10-18(15(16(19)20)11-13(2)3)17(21)22-12-14-8-6-5-7-9-14/h5-9,13,15H,4,10-12H2,1-3H3,(H,19,20)/t15-/m0/s1. The van der Waals surface area contributed by atoms with Crippen LogP contribution >= 0.6 is 0 Å². The highest BCUT2D eigenvalue weighted by Crippen LogP contribution is 2.15. The zero-order valence-corrected chi connectivity index (χ0v) is 13.5. The van der Waals surface area contributed by atoms with Crippen LogP contribution in [0.3, 0.4) is 0 Å².